The minimum absolute atomic E-state index is 0.0847. The Hall–Kier alpha value is -3.32. The number of carbonyl (C=O) groups is 2. The van der Waals surface area contributed by atoms with Crippen molar-refractivity contribution in [3.8, 4) is 11.5 Å². The molecule has 2 saturated heterocycles. The molecular formula is C24H24N2O5. The number of hydrogen-bond acceptors (Lipinski definition) is 5. The van der Waals surface area contributed by atoms with Crippen LogP contribution in [0.3, 0.4) is 0 Å². The molecular weight excluding hydrogens is 396 g/mol. The van der Waals surface area contributed by atoms with Crippen LogP contribution in [0.5, 0.6) is 11.5 Å². The molecule has 1 N–H and O–H groups in total. The fraction of sp³-hybridized carbons (Fsp3) is 0.333. The lowest BCUT2D eigenvalue weighted by Gasteiger charge is -2.23. The molecule has 7 heteroatoms. The van der Waals surface area contributed by atoms with Crippen molar-refractivity contribution < 1.29 is 23.8 Å². The van der Waals surface area contributed by atoms with Gasteiger partial charge in [-0.05, 0) is 42.0 Å². The van der Waals surface area contributed by atoms with E-state index in [1.807, 2.05) is 60.7 Å². The summed E-state index contributed by atoms with van der Waals surface area (Å²) in [6.07, 6.45) is 3.49. The number of carbonyl (C=O) groups excluding carboxylic acids is 2. The van der Waals surface area contributed by atoms with Crippen molar-refractivity contribution in [2.24, 2.45) is 11.8 Å². The number of rotatable bonds is 6. The average Bonchev–Trinajstić information content (AvgIpc) is 3.46. The molecule has 3 aliphatic rings. The molecule has 3 heterocycles. The zero-order chi connectivity index (χ0) is 21.6. The maximum absolute atomic E-state index is 13.4. The summed E-state index contributed by atoms with van der Waals surface area (Å²) in [6, 6.07) is 14.9. The Morgan fingerprint density at radius 3 is 2.68 bits per heavy atom. The van der Waals surface area contributed by atoms with Gasteiger partial charge in [0.15, 0.2) is 0 Å². The molecule has 2 fully saturated rings. The largest absolute Gasteiger partial charge is 0.497 e. The van der Waals surface area contributed by atoms with Gasteiger partial charge < -0.3 is 24.4 Å². The number of fused-ring (bicyclic) bond motifs is 1. The standard InChI is InChI=1S/C24H24N2O5/c1-29-17-8-6-16(7-9-17)26-14-24-11-10-19(31-24)20(21(24)23(26)28)22(27)25-13-15-4-3-5-18(12-15)30-2/h3-12,19-21H,13-14H2,1-2H3,(H,25,27)/t19-,20?,21-,24-/m0/s1. The quantitative estimate of drug-likeness (QED) is 0.726. The summed E-state index contributed by atoms with van der Waals surface area (Å²) in [5.74, 6) is 0.118. The van der Waals surface area contributed by atoms with Crippen molar-refractivity contribution >= 4 is 17.5 Å². The van der Waals surface area contributed by atoms with Crippen molar-refractivity contribution in [2.45, 2.75) is 18.2 Å². The Bertz CT molecular complexity index is 1050. The maximum Gasteiger partial charge on any atom is 0.234 e. The van der Waals surface area contributed by atoms with E-state index in [4.69, 9.17) is 14.2 Å². The molecule has 2 aromatic carbocycles. The average molecular weight is 420 g/mol. The Morgan fingerprint density at radius 1 is 1.16 bits per heavy atom. The highest BCUT2D eigenvalue weighted by Gasteiger charge is 2.67. The van der Waals surface area contributed by atoms with Crippen molar-refractivity contribution in [1.82, 2.24) is 5.32 Å². The molecule has 31 heavy (non-hydrogen) atoms. The summed E-state index contributed by atoms with van der Waals surface area (Å²) in [6.45, 7) is 0.758. The molecule has 0 aliphatic carbocycles. The maximum atomic E-state index is 13.4. The molecule has 1 spiro atoms. The number of ether oxygens (including phenoxy) is 3. The molecule has 2 bridgehead atoms. The van der Waals surface area contributed by atoms with E-state index in [9.17, 15) is 9.59 Å². The molecule has 7 nitrogen and oxygen atoms in total. The molecule has 0 aromatic heterocycles. The Labute approximate surface area is 180 Å². The van der Waals surface area contributed by atoms with E-state index in [2.05, 4.69) is 5.32 Å². The first-order valence-corrected chi connectivity index (χ1v) is 10.3. The lowest BCUT2D eigenvalue weighted by Crippen LogP contribution is -2.43. The van der Waals surface area contributed by atoms with Gasteiger partial charge in [0.1, 0.15) is 17.1 Å². The number of anilines is 1. The Morgan fingerprint density at radius 2 is 1.94 bits per heavy atom. The van der Waals surface area contributed by atoms with Gasteiger partial charge in [-0.3, -0.25) is 9.59 Å². The Balaban J connectivity index is 1.34. The van der Waals surface area contributed by atoms with Gasteiger partial charge in [-0.2, -0.15) is 0 Å². The fourth-order valence-electron chi connectivity index (χ4n) is 4.87. The lowest BCUT2D eigenvalue weighted by molar-refractivity contribution is -0.132. The predicted octanol–water partition coefficient (Wildman–Crippen LogP) is 2.31. The number of hydrogen-bond donors (Lipinski definition) is 1. The smallest absolute Gasteiger partial charge is 0.234 e. The van der Waals surface area contributed by atoms with Gasteiger partial charge in [0.2, 0.25) is 11.8 Å². The van der Waals surface area contributed by atoms with Crippen molar-refractivity contribution in [3.63, 3.8) is 0 Å². The third-order valence-corrected chi connectivity index (χ3v) is 6.39. The summed E-state index contributed by atoms with van der Waals surface area (Å²) in [5.41, 5.74) is 0.949. The minimum atomic E-state index is -0.750. The van der Waals surface area contributed by atoms with Crippen LogP contribution in [0.2, 0.25) is 0 Å². The summed E-state index contributed by atoms with van der Waals surface area (Å²) < 4.78 is 16.6. The van der Waals surface area contributed by atoms with E-state index < -0.39 is 17.4 Å². The molecule has 4 atom stereocenters. The van der Waals surface area contributed by atoms with E-state index in [-0.39, 0.29) is 17.9 Å². The first-order chi connectivity index (χ1) is 15.0. The van der Waals surface area contributed by atoms with Crippen LogP contribution >= 0.6 is 0 Å². The fourth-order valence-corrected chi connectivity index (χ4v) is 4.87. The zero-order valence-corrected chi connectivity index (χ0v) is 17.4. The van der Waals surface area contributed by atoms with Crippen LogP contribution < -0.4 is 19.7 Å². The second-order valence-corrected chi connectivity index (χ2v) is 8.09. The molecule has 5 rings (SSSR count). The van der Waals surface area contributed by atoms with Gasteiger partial charge in [0, 0.05) is 12.2 Å². The van der Waals surface area contributed by atoms with Gasteiger partial charge >= 0.3 is 0 Å². The van der Waals surface area contributed by atoms with Gasteiger partial charge in [-0.1, -0.05) is 24.3 Å². The topological polar surface area (TPSA) is 77.1 Å². The van der Waals surface area contributed by atoms with E-state index in [0.717, 1.165) is 22.7 Å². The predicted molar refractivity (Wildman–Crippen MR) is 114 cm³/mol. The van der Waals surface area contributed by atoms with Crippen LogP contribution in [0.25, 0.3) is 0 Å². The van der Waals surface area contributed by atoms with E-state index >= 15 is 0 Å². The van der Waals surface area contributed by atoms with Crippen LogP contribution in [-0.4, -0.2) is 44.3 Å². The summed E-state index contributed by atoms with van der Waals surface area (Å²) in [5, 5.41) is 2.98. The summed E-state index contributed by atoms with van der Waals surface area (Å²) in [7, 11) is 3.21. The molecule has 1 unspecified atom stereocenters. The van der Waals surface area contributed by atoms with Crippen LogP contribution in [0.15, 0.2) is 60.7 Å². The molecule has 0 radical (unpaired) electrons. The lowest BCUT2D eigenvalue weighted by atomic mass is 9.77. The first kappa shape index (κ1) is 19.6. The van der Waals surface area contributed by atoms with E-state index in [1.54, 1.807) is 19.1 Å². The van der Waals surface area contributed by atoms with Crippen LogP contribution in [0.1, 0.15) is 5.56 Å². The van der Waals surface area contributed by atoms with Gasteiger partial charge in [0.05, 0.1) is 38.7 Å². The zero-order valence-electron chi connectivity index (χ0n) is 17.4. The third-order valence-electron chi connectivity index (χ3n) is 6.39. The second kappa shape index (κ2) is 7.42. The number of methoxy groups -OCH3 is 2. The molecule has 0 saturated carbocycles. The number of amides is 2. The van der Waals surface area contributed by atoms with Crippen LogP contribution in [0.4, 0.5) is 5.69 Å². The molecule has 2 aromatic rings. The number of nitrogens with one attached hydrogen (secondary N) is 1. The first-order valence-electron chi connectivity index (χ1n) is 10.3. The normalized spacial score (nSPS) is 28.0. The summed E-state index contributed by atoms with van der Waals surface area (Å²) in [4.78, 5) is 28.2. The highest BCUT2D eigenvalue weighted by molar-refractivity contribution is 6.03. The van der Waals surface area contributed by atoms with Gasteiger partial charge in [-0.25, -0.2) is 0 Å². The van der Waals surface area contributed by atoms with E-state index in [0.29, 0.717) is 13.1 Å². The molecule has 2 amide bonds. The highest BCUT2D eigenvalue weighted by Crippen LogP contribution is 2.52. The van der Waals surface area contributed by atoms with Gasteiger partial charge in [-0.15, -0.1) is 0 Å². The molecule has 3 aliphatic heterocycles. The second-order valence-electron chi connectivity index (χ2n) is 8.09. The Kier molecular flexibility index (Phi) is 4.70. The summed E-state index contributed by atoms with van der Waals surface area (Å²) >= 11 is 0. The van der Waals surface area contributed by atoms with E-state index in [1.165, 1.54) is 0 Å². The third kappa shape index (κ3) is 3.16. The number of benzene rings is 2. The monoisotopic (exact) mass is 420 g/mol. The highest BCUT2D eigenvalue weighted by atomic mass is 16.5. The van der Waals surface area contributed by atoms with Crippen molar-refractivity contribution in [1.29, 1.82) is 0 Å². The van der Waals surface area contributed by atoms with Crippen LogP contribution in [-0.2, 0) is 20.9 Å². The van der Waals surface area contributed by atoms with Gasteiger partial charge in [0.25, 0.3) is 0 Å². The van der Waals surface area contributed by atoms with Crippen molar-refractivity contribution in [3.05, 3.63) is 66.2 Å². The number of nitrogens with zero attached hydrogens (tertiary/aromatic N) is 1. The SMILES string of the molecule is COc1ccc(N2C[C@]34C=C[C@H](O3)C(C(=O)NCc3cccc(OC)c3)[C@H]4C2=O)cc1. The van der Waals surface area contributed by atoms with Crippen molar-refractivity contribution in [2.75, 3.05) is 25.7 Å². The molecule has 160 valence electrons. The minimum Gasteiger partial charge on any atom is -0.497 e. The van der Waals surface area contributed by atoms with Crippen LogP contribution in [0, 0.1) is 11.8 Å².